The highest BCUT2D eigenvalue weighted by Gasteiger charge is 2.29. The van der Waals surface area contributed by atoms with Gasteiger partial charge in [0.25, 0.3) is 0 Å². The van der Waals surface area contributed by atoms with Crippen molar-refractivity contribution in [2.45, 2.75) is 108 Å². The van der Waals surface area contributed by atoms with E-state index < -0.39 is 0 Å². The fourth-order valence-corrected chi connectivity index (χ4v) is 10.5. The maximum Gasteiger partial charge on any atom is 0.317 e. The van der Waals surface area contributed by atoms with Crippen LogP contribution in [0.5, 0.6) is 0 Å². The van der Waals surface area contributed by atoms with Crippen molar-refractivity contribution in [3.05, 3.63) is 119 Å². The van der Waals surface area contributed by atoms with Crippen LogP contribution in [-0.2, 0) is 25.7 Å². The lowest BCUT2D eigenvalue weighted by Crippen LogP contribution is -2.45. The van der Waals surface area contributed by atoms with Gasteiger partial charge in [0.2, 0.25) is 0 Å². The van der Waals surface area contributed by atoms with E-state index in [1.807, 2.05) is 23.9 Å². The number of anilines is 4. The Morgan fingerprint density at radius 3 is 1.12 bits per heavy atom. The molecule has 8 rings (SSSR count). The minimum absolute atomic E-state index is 0.0603. The Labute approximate surface area is 353 Å². The summed E-state index contributed by atoms with van der Waals surface area (Å²) >= 11 is 0. The highest BCUT2D eigenvalue weighted by molar-refractivity contribution is 5.75. The standard InChI is InChI=1S/C51H66N6O2/c1-54(33-11-35-56-46-17-7-3-13-40(46)25-26-41-14-4-8-18-47(41)56)50(58)52-44-29-21-38(22-30-44)37-39-23-31-45(32-24-39)53-51(59)55(2)34-12-36-57-48-19-9-5-15-42(48)27-28-43-16-6-10-20-49(43)57/h3-10,13-20,38-39,44-45H,11-12,21-37H2,1-2H3,(H,52,58)(H,53,59). The van der Waals surface area contributed by atoms with Crippen molar-refractivity contribution < 1.29 is 9.59 Å². The number of urea groups is 2. The minimum atomic E-state index is 0.0603. The van der Waals surface area contributed by atoms with E-state index >= 15 is 0 Å². The van der Waals surface area contributed by atoms with Crippen LogP contribution in [0.4, 0.5) is 32.3 Å². The molecular formula is C51H66N6O2. The Hall–Kier alpha value is -4.98. The van der Waals surface area contributed by atoms with Gasteiger partial charge < -0.3 is 30.2 Å². The number of carbonyl (C=O) groups excluding carboxylic acids is 2. The van der Waals surface area contributed by atoms with Crippen molar-refractivity contribution in [3.63, 3.8) is 0 Å². The zero-order chi connectivity index (χ0) is 40.6. The number of nitrogens with one attached hydrogen (secondary N) is 2. The second-order valence-corrected chi connectivity index (χ2v) is 17.9. The number of rotatable bonds is 12. The van der Waals surface area contributed by atoms with Crippen LogP contribution in [0.15, 0.2) is 97.1 Å². The Kier molecular flexibility index (Phi) is 13.4. The van der Waals surface area contributed by atoms with E-state index in [9.17, 15) is 9.59 Å². The molecule has 2 aliphatic heterocycles. The molecule has 0 aromatic heterocycles. The Bertz CT molecular complexity index is 1780. The van der Waals surface area contributed by atoms with Gasteiger partial charge in [-0.15, -0.1) is 0 Å². The summed E-state index contributed by atoms with van der Waals surface area (Å²) in [6, 6.07) is 35.8. The van der Waals surface area contributed by atoms with Crippen LogP contribution in [0.25, 0.3) is 0 Å². The first-order valence-electron chi connectivity index (χ1n) is 22.8. The van der Waals surface area contributed by atoms with Gasteiger partial charge in [-0.05, 0) is 155 Å². The lowest BCUT2D eigenvalue weighted by Gasteiger charge is -2.35. The second kappa shape index (κ2) is 19.4. The molecule has 8 heteroatoms. The molecule has 0 unspecified atom stereocenters. The molecule has 4 aromatic rings. The number of para-hydroxylation sites is 4. The molecule has 8 nitrogen and oxygen atoms in total. The summed E-state index contributed by atoms with van der Waals surface area (Å²) in [5, 5.41) is 6.74. The molecule has 0 saturated heterocycles. The topological polar surface area (TPSA) is 71.2 Å². The van der Waals surface area contributed by atoms with E-state index in [4.69, 9.17) is 0 Å². The third-order valence-electron chi connectivity index (χ3n) is 13.9. The molecular weight excluding hydrogens is 729 g/mol. The maximum atomic E-state index is 13.3. The maximum absolute atomic E-state index is 13.3. The van der Waals surface area contributed by atoms with Gasteiger partial charge in [-0.2, -0.15) is 0 Å². The number of fused-ring (bicyclic) bond motifs is 4. The molecule has 0 atom stereocenters. The van der Waals surface area contributed by atoms with Gasteiger partial charge in [0.15, 0.2) is 0 Å². The molecule has 2 heterocycles. The summed E-state index contributed by atoms with van der Waals surface area (Å²) in [5.41, 5.74) is 10.8. The van der Waals surface area contributed by atoms with Crippen molar-refractivity contribution in [3.8, 4) is 0 Å². The highest BCUT2D eigenvalue weighted by atomic mass is 16.2. The van der Waals surface area contributed by atoms with Crippen LogP contribution in [0.2, 0.25) is 0 Å². The molecule has 2 aliphatic carbocycles. The molecule has 4 aliphatic rings. The quantitative estimate of drug-likeness (QED) is 0.150. The van der Waals surface area contributed by atoms with Crippen LogP contribution >= 0.6 is 0 Å². The molecule has 0 radical (unpaired) electrons. The summed E-state index contributed by atoms with van der Waals surface area (Å²) < 4.78 is 0. The third kappa shape index (κ3) is 10.1. The van der Waals surface area contributed by atoms with Crippen LogP contribution in [0.3, 0.4) is 0 Å². The number of hydrogen-bond donors (Lipinski definition) is 2. The molecule has 4 amide bonds. The monoisotopic (exact) mass is 795 g/mol. The van der Waals surface area contributed by atoms with Crippen molar-refractivity contribution in [2.75, 3.05) is 50.1 Å². The van der Waals surface area contributed by atoms with E-state index in [-0.39, 0.29) is 24.1 Å². The number of amides is 4. The average Bonchev–Trinajstić information content (AvgIpc) is 3.53. The molecule has 2 saturated carbocycles. The largest absolute Gasteiger partial charge is 0.341 e. The first kappa shape index (κ1) is 40.8. The van der Waals surface area contributed by atoms with Crippen LogP contribution < -0.4 is 20.4 Å². The van der Waals surface area contributed by atoms with Crippen molar-refractivity contribution in [1.29, 1.82) is 0 Å². The normalized spacial score (nSPS) is 21.1. The lowest BCUT2D eigenvalue weighted by atomic mass is 9.75. The molecule has 4 aromatic carbocycles. The summed E-state index contributed by atoms with van der Waals surface area (Å²) in [5.74, 6) is 1.48. The Balaban J connectivity index is 0.713. The molecule has 0 bridgehead atoms. The van der Waals surface area contributed by atoms with E-state index in [0.717, 1.165) is 102 Å². The van der Waals surface area contributed by atoms with Gasteiger partial charge in [-0.1, -0.05) is 72.8 Å². The lowest BCUT2D eigenvalue weighted by molar-refractivity contribution is 0.181. The van der Waals surface area contributed by atoms with Crippen molar-refractivity contribution in [2.24, 2.45) is 11.8 Å². The minimum Gasteiger partial charge on any atom is -0.341 e. The zero-order valence-electron chi connectivity index (χ0n) is 35.6. The summed E-state index contributed by atoms with van der Waals surface area (Å²) in [6.45, 7) is 3.22. The highest BCUT2D eigenvalue weighted by Crippen LogP contribution is 2.38. The van der Waals surface area contributed by atoms with Gasteiger partial charge in [0, 0.05) is 75.1 Å². The summed E-state index contributed by atoms with van der Waals surface area (Å²) in [4.78, 5) is 35.2. The number of aryl methyl sites for hydroxylation is 4. The molecule has 2 fully saturated rings. The number of carbonyl (C=O) groups is 2. The van der Waals surface area contributed by atoms with E-state index in [0.29, 0.717) is 0 Å². The predicted molar refractivity (Wildman–Crippen MR) is 242 cm³/mol. The summed E-state index contributed by atoms with van der Waals surface area (Å²) in [7, 11) is 3.89. The van der Waals surface area contributed by atoms with Crippen molar-refractivity contribution in [1.82, 2.24) is 20.4 Å². The van der Waals surface area contributed by atoms with E-state index in [1.54, 1.807) is 0 Å². The Morgan fingerprint density at radius 1 is 0.492 bits per heavy atom. The second-order valence-electron chi connectivity index (χ2n) is 17.9. The Morgan fingerprint density at radius 2 is 0.797 bits per heavy atom. The molecule has 312 valence electrons. The van der Waals surface area contributed by atoms with Gasteiger partial charge in [0.1, 0.15) is 0 Å². The molecule has 59 heavy (non-hydrogen) atoms. The average molecular weight is 795 g/mol. The first-order valence-corrected chi connectivity index (χ1v) is 22.8. The van der Waals surface area contributed by atoms with Crippen LogP contribution in [0.1, 0.15) is 92.9 Å². The van der Waals surface area contributed by atoms with Crippen molar-refractivity contribution >= 4 is 34.8 Å². The van der Waals surface area contributed by atoms with Crippen LogP contribution in [0, 0.1) is 11.8 Å². The van der Waals surface area contributed by atoms with Gasteiger partial charge >= 0.3 is 12.1 Å². The SMILES string of the molecule is CN(CCCN1c2ccccc2CCc2ccccc21)C(=O)NC1CCC(CC2CCC(NC(=O)N(C)CCCN3c4ccccc4CCc4ccccc43)CC2)CC1. The van der Waals surface area contributed by atoms with Crippen LogP contribution in [-0.4, -0.2) is 74.2 Å². The first-order chi connectivity index (χ1) is 28.9. The van der Waals surface area contributed by atoms with E-state index in [2.05, 4.69) is 117 Å². The third-order valence-corrected chi connectivity index (χ3v) is 13.9. The predicted octanol–water partition coefficient (Wildman–Crippen LogP) is 10.4. The van der Waals surface area contributed by atoms with Gasteiger partial charge in [0.05, 0.1) is 0 Å². The zero-order valence-corrected chi connectivity index (χ0v) is 35.6. The number of benzene rings is 4. The molecule has 2 N–H and O–H groups in total. The fourth-order valence-electron chi connectivity index (χ4n) is 10.5. The van der Waals surface area contributed by atoms with Gasteiger partial charge in [-0.3, -0.25) is 0 Å². The summed E-state index contributed by atoms with van der Waals surface area (Å²) in [6.07, 6.45) is 16.4. The smallest absolute Gasteiger partial charge is 0.317 e. The van der Waals surface area contributed by atoms with E-state index in [1.165, 1.54) is 77.1 Å². The van der Waals surface area contributed by atoms with Gasteiger partial charge in [-0.25, -0.2) is 9.59 Å². The molecule has 0 spiro atoms. The number of hydrogen-bond acceptors (Lipinski definition) is 4. The fraction of sp³-hybridized carbons (Fsp3) is 0.490. The number of nitrogens with zero attached hydrogens (tertiary/aromatic N) is 4.